The highest BCUT2D eigenvalue weighted by Crippen LogP contribution is 2.61. The van der Waals surface area contributed by atoms with Gasteiger partial charge in [-0.25, -0.2) is 0 Å². The van der Waals surface area contributed by atoms with Gasteiger partial charge in [0, 0.05) is 50.2 Å². The van der Waals surface area contributed by atoms with Crippen LogP contribution in [0, 0.1) is 11.8 Å². The predicted octanol–water partition coefficient (Wildman–Crippen LogP) is 1.39. The number of fused-ring (bicyclic) bond motifs is 2. The molecule has 40 heavy (non-hydrogen) atoms. The zero-order valence-electron chi connectivity index (χ0n) is 22.9. The smallest absolute Gasteiger partial charge is 0.247 e. The second kappa shape index (κ2) is 11.3. The SMILES string of the molecule is CC[C@@H](CO)N1C(=O)[C@@H]2[C@@H]3C(=O)N(c4ccccc4)CC=C[C@@H]3S[C@@]23C=CCN(CCN2CCOCC2)C(=O)C13. The summed E-state index contributed by atoms with van der Waals surface area (Å²) in [6.45, 7) is 6.96. The number of hydrogen-bond acceptors (Lipinski definition) is 7. The number of thioether (sulfide) groups is 1. The molecule has 3 fully saturated rings. The van der Waals surface area contributed by atoms with E-state index in [-0.39, 0.29) is 29.6 Å². The van der Waals surface area contributed by atoms with Crippen LogP contribution in [0.1, 0.15) is 13.3 Å². The molecule has 5 aliphatic heterocycles. The van der Waals surface area contributed by atoms with Crippen LogP contribution in [0.15, 0.2) is 54.6 Å². The first-order chi connectivity index (χ1) is 19.5. The maximum Gasteiger partial charge on any atom is 0.247 e. The summed E-state index contributed by atoms with van der Waals surface area (Å²) in [6, 6.07) is 8.30. The van der Waals surface area contributed by atoms with Crippen LogP contribution >= 0.6 is 11.8 Å². The number of benzene rings is 1. The number of aliphatic hydroxyl groups is 1. The van der Waals surface area contributed by atoms with Crippen molar-refractivity contribution in [1.82, 2.24) is 14.7 Å². The summed E-state index contributed by atoms with van der Waals surface area (Å²) in [5, 5.41) is 10.1. The molecule has 0 bridgehead atoms. The minimum absolute atomic E-state index is 0.0872. The van der Waals surface area contributed by atoms with E-state index >= 15 is 0 Å². The van der Waals surface area contributed by atoms with Crippen LogP contribution in [0.3, 0.4) is 0 Å². The number of nitrogens with zero attached hydrogens (tertiary/aromatic N) is 4. The maximum absolute atomic E-state index is 14.4. The summed E-state index contributed by atoms with van der Waals surface area (Å²) in [4.78, 5) is 50.6. The van der Waals surface area contributed by atoms with E-state index in [4.69, 9.17) is 4.74 Å². The van der Waals surface area contributed by atoms with Gasteiger partial charge in [0.05, 0.1) is 42.4 Å². The minimum Gasteiger partial charge on any atom is -0.394 e. The van der Waals surface area contributed by atoms with Gasteiger partial charge in [-0.1, -0.05) is 49.4 Å². The second-order valence-electron chi connectivity index (χ2n) is 11.2. The van der Waals surface area contributed by atoms with Gasteiger partial charge in [-0.15, -0.1) is 11.8 Å². The number of morpholine rings is 1. The lowest BCUT2D eigenvalue weighted by Crippen LogP contribution is -2.57. The summed E-state index contributed by atoms with van der Waals surface area (Å²) >= 11 is 1.58. The molecule has 1 aromatic rings. The lowest BCUT2D eigenvalue weighted by atomic mass is 9.78. The number of carbonyl (C=O) groups is 3. The van der Waals surface area contributed by atoms with Crippen LogP contribution in [0.5, 0.6) is 0 Å². The molecule has 1 N–H and O–H groups in total. The van der Waals surface area contributed by atoms with Gasteiger partial charge in [0.1, 0.15) is 6.04 Å². The normalized spacial score (nSPS) is 33.0. The second-order valence-corrected chi connectivity index (χ2v) is 12.7. The number of carbonyl (C=O) groups excluding carboxylic acids is 3. The molecule has 0 aliphatic carbocycles. The number of likely N-dealkylation sites (tertiary alicyclic amines) is 1. The Balaban J connectivity index is 1.36. The van der Waals surface area contributed by atoms with Crippen LogP contribution in [0.4, 0.5) is 5.69 Å². The van der Waals surface area contributed by atoms with E-state index in [1.165, 1.54) is 0 Å². The molecule has 0 saturated carbocycles. The molecule has 10 heteroatoms. The van der Waals surface area contributed by atoms with E-state index in [9.17, 15) is 19.5 Å². The zero-order valence-corrected chi connectivity index (χ0v) is 23.7. The molecule has 9 nitrogen and oxygen atoms in total. The summed E-state index contributed by atoms with van der Waals surface area (Å²) in [5.74, 6) is -1.67. The number of anilines is 1. The fourth-order valence-electron chi connectivity index (χ4n) is 7.06. The molecule has 214 valence electrons. The van der Waals surface area contributed by atoms with Crippen LogP contribution in [0.2, 0.25) is 0 Å². The highest BCUT2D eigenvalue weighted by Gasteiger charge is 2.71. The van der Waals surface area contributed by atoms with Gasteiger partial charge in [-0.3, -0.25) is 19.3 Å². The number of rotatable bonds is 7. The quantitative estimate of drug-likeness (QED) is 0.499. The molecule has 0 radical (unpaired) electrons. The average Bonchev–Trinajstić information content (AvgIpc) is 3.30. The Morgan fingerprint density at radius 2 is 1.80 bits per heavy atom. The predicted molar refractivity (Wildman–Crippen MR) is 154 cm³/mol. The molecule has 5 aliphatic rings. The van der Waals surface area contributed by atoms with E-state index in [1.807, 2.05) is 60.4 Å². The number of ether oxygens (including phenoxy) is 1. The first-order valence-corrected chi connectivity index (χ1v) is 15.3. The molecule has 3 saturated heterocycles. The minimum atomic E-state index is -0.875. The Labute approximate surface area is 239 Å². The van der Waals surface area contributed by atoms with Crippen LogP contribution < -0.4 is 4.90 Å². The molecular formula is C30H38N4O5S. The standard InChI is InChI=1S/C30H38N4O5S/c1-2-21(20-35)34-26-29(38)32(15-14-31-16-18-39-19-17-31)12-7-11-30(26)25(28(34)37)24-23(40-30)10-6-13-33(27(24)36)22-8-4-3-5-9-22/h3-11,21,23-26,35H,2,12-20H2,1H3/t21-,23-,24+,25-,26?,30-/m0/s1. The monoisotopic (exact) mass is 566 g/mol. The van der Waals surface area contributed by atoms with E-state index < -0.39 is 28.7 Å². The topological polar surface area (TPSA) is 93.6 Å². The number of aliphatic hydroxyl groups excluding tert-OH is 1. The Bertz CT molecular complexity index is 1180. The molecule has 5 heterocycles. The summed E-state index contributed by atoms with van der Waals surface area (Å²) in [6.07, 6.45) is 8.65. The molecule has 1 aromatic carbocycles. The van der Waals surface area contributed by atoms with Gasteiger partial charge >= 0.3 is 0 Å². The summed E-state index contributed by atoms with van der Waals surface area (Å²) in [5.41, 5.74) is 0.797. The van der Waals surface area contributed by atoms with Crippen molar-refractivity contribution < 1.29 is 24.2 Å². The lowest BCUT2D eigenvalue weighted by molar-refractivity contribution is -0.145. The average molecular weight is 567 g/mol. The van der Waals surface area contributed by atoms with Crippen LogP contribution in [-0.4, -0.2) is 119 Å². The van der Waals surface area contributed by atoms with Gasteiger partial charge in [0.15, 0.2) is 0 Å². The van der Waals surface area contributed by atoms with Gasteiger partial charge in [0.2, 0.25) is 17.7 Å². The van der Waals surface area contributed by atoms with Gasteiger partial charge in [-0.05, 0) is 18.6 Å². The Morgan fingerprint density at radius 3 is 2.52 bits per heavy atom. The third-order valence-corrected chi connectivity index (χ3v) is 10.9. The number of para-hydroxylation sites is 1. The highest BCUT2D eigenvalue weighted by molar-refractivity contribution is 8.02. The maximum atomic E-state index is 14.4. The Hall–Kier alpha value is -2.66. The van der Waals surface area contributed by atoms with Crippen LogP contribution in [0.25, 0.3) is 0 Å². The fraction of sp³-hybridized carbons (Fsp3) is 0.567. The van der Waals surface area contributed by atoms with Crippen molar-refractivity contribution in [2.45, 2.75) is 35.4 Å². The molecule has 1 spiro atoms. The molecular weight excluding hydrogens is 528 g/mol. The first kappa shape index (κ1) is 27.5. The van der Waals surface area contributed by atoms with Crippen molar-refractivity contribution >= 4 is 35.2 Å². The largest absolute Gasteiger partial charge is 0.394 e. The van der Waals surface area contributed by atoms with Crippen molar-refractivity contribution in [1.29, 1.82) is 0 Å². The molecule has 1 unspecified atom stereocenters. The van der Waals surface area contributed by atoms with E-state index in [1.54, 1.807) is 21.6 Å². The van der Waals surface area contributed by atoms with Crippen LogP contribution in [-0.2, 0) is 19.1 Å². The zero-order chi connectivity index (χ0) is 27.9. The molecule has 6 atom stereocenters. The molecule has 6 rings (SSSR count). The molecule has 3 amide bonds. The Morgan fingerprint density at radius 1 is 1.02 bits per heavy atom. The fourth-order valence-corrected chi connectivity index (χ4v) is 9.05. The Kier molecular flexibility index (Phi) is 7.78. The third-order valence-electron chi connectivity index (χ3n) is 9.11. The molecule has 0 aromatic heterocycles. The highest BCUT2D eigenvalue weighted by atomic mass is 32.2. The van der Waals surface area contributed by atoms with E-state index in [2.05, 4.69) is 11.0 Å². The van der Waals surface area contributed by atoms with Crippen molar-refractivity contribution in [3.05, 3.63) is 54.6 Å². The van der Waals surface area contributed by atoms with Gasteiger partial charge in [-0.2, -0.15) is 0 Å². The number of amides is 3. The van der Waals surface area contributed by atoms with Crippen molar-refractivity contribution in [3.63, 3.8) is 0 Å². The van der Waals surface area contributed by atoms with Gasteiger partial charge < -0.3 is 24.5 Å². The summed E-state index contributed by atoms with van der Waals surface area (Å²) < 4.78 is 4.60. The first-order valence-electron chi connectivity index (χ1n) is 14.4. The number of hydrogen-bond donors (Lipinski definition) is 1. The van der Waals surface area contributed by atoms with Crippen molar-refractivity contribution in [3.8, 4) is 0 Å². The summed E-state index contributed by atoms with van der Waals surface area (Å²) in [7, 11) is 0. The third kappa shape index (κ3) is 4.49. The van der Waals surface area contributed by atoms with Gasteiger partial charge in [0.25, 0.3) is 0 Å². The lowest BCUT2D eigenvalue weighted by Gasteiger charge is -2.38. The van der Waals surface area contributed by atoms with Crippen molar-refractivity contribution in [2.75, 3.05) is 64.0 Å². The van der Waals surface area contributed by atoms with E-state index in [0.717, 1.165) is 25.3 Å². The van der Waals surface area contributed by atoms with Crippen molar-refractivity contribution in [2.24, 2.45) is 11.8 Å². The van der Waals surface area contributed by atoms with E-state index in [0.29, 0.717) is 39.3 Å².